The van der Waals surface area contributed by atoms with Crippen LogP contribution in [0.2, 0.25) is 0 Å². The highest BCUT2D eigenvalue weighted by atomic mass is 19.1. The number of rotatable bonds is 6. The molecule has 0 aliphatic carbocycles. The van der Waals surface area contributed by atoms with Crippen LogP contribution < -0.4 is 9.80 Å². The molecule has 0 amide bonds. The van der Waals surface area contributed by atoms with Crippen molar-refractivity contribution < 1.29 is 17.6 Å². The standard InChI is InChI=1S/C58H42F2N2O2/c1-31-11-7-13-41-43-15-9-17-47(57(43)63-55(31)41)61(39-23-19-37(59)20-24-39)49-29-33(3)45-28-36(6)52-50(30-34(4)46-27-35(5)51(49)53(45)54(46)52)62(40-25-21-38(60)22-26-40)48-18-10-16-44-42-14-8-12-32(2)56(42)64-58(44)48/h7-30H,1-6H3. The molecule has 0 unspecified atom stereocenters. The lowest BCUT2D eigenvalue weighted by Crippen LogP contribution is -2.13. The second-order valence-electron chi connectivity index (χ2n) is 17.4. The maximum absolute atomic E-state index is 14.8. The van der Waals surface area contributed by atoms with Crippen molar-refractivity contribution in [1.82, 2.24) is 0 Å². The van der Waals surface area contributed by atoms with E-state index >= 15 is 0 Å². The summed E-state index contributed by atoms with van der Waals surface area (Å²) in [5.41, 5.74) is 15.1. The van der Waals surface area contributed by atoms with Crippen LogP contribution >= 0.6 is 0 Å². The average molecular weight is 837 g/mol. The molecule has 0 N–H and O–H groups in total. The lowest BCUT2D eigenvalue weighted by molar-refractivity contribution is 0.627. The molecular weight excluding hydrogens is 795 g/mol. The van der Waals surface area contributed by atoms with Gasteiger partial charge in [0.05, 0.1) is 22.7 Å². The molecule has 310 valence electrons. The van der Waals surface area contributed by atoms with Gasteiger partial charge in [0.2, 0.25) is 0 Å². The molecule has 0 fully saturated rings. The maximum Gasteiger partial charge on any atom is 0.159 e. The van der Waals surface area contributed by atoms with Gasteiger partial charge in [0.1, 0.15) is 22.8 Å². The van der Waals surface area contributed by atoms with Gasteiger partial charge in [-0.1, -0.05) is 72.8 Å². The Morgan fingerprint density at radius 2 is 0.672 bits per heavy atom. The fraction of sp³-hybridized carbons (Fsp3) is 0.103. The third-order valence-electron chi connectivity index (χ3n) is 13.4. The van der Waals surface area contributed by atoms with Crippen LogP contribution in [0.3, 0.4) is 0 Å². The number of hydrogen-bond acceptors (Lipinski definition) is 4. The van der Waals surface area contributed by atoms with E-state index in [1.54, 1.807) is 0 Å². The van der Waals surface area contributed by atoms with Crippen LogP contribution in [0.5, 0.6) is 0 Å². The molecule has 0 saturated heterocycles. The van der Waals surface area contributed by atoms with Gasteiger partial charge in [0, 0.05) is 54.5 Å². The highest BCUT2D eigenvalue weighted by Crippen LogP contribution is 2.53. The van der Waals surface area contributed by atoms with E-state index in [0.29, 0.717) is 0 Å². The smallest absolute Gasteiger partial charge is 0.159 e. The summed E-state index contributed by atoms with van der Waals surface area (Å²) in [5.74, 6) is -0.608. The second-order valence-corrected chi connectivity index (χ2v) is 17.4. The first-order valence-electron chi connectivity index (χ1n) is 21.7. The summed E-state index contributed by atoms with van der Waals surface area (Å²) in [5, 5.41) is 10.9. The van der Waals surface area contributed by atoms with Gasteiger partial charge in [0.15, 0.2) is 11.2 Å². The first kappa shape index (κ1) is 38.0. The molecule has 12 rings (SSSR count). The fourth-order valence-electron chi connectivity index (χ4n) is 10.5. The Bertz CT molecular complexity index is 3620. The maximum atomic E-state index is 14.8. The van der Waals surface area contributed by atoms with Crippen molar-refractivity contribution in [2.75, 3.05) is 9.80 Å². The minimum atomic E-state index is -0.304. The van der Waals surface area contributed by atoms with Crippen molar-refractivity contribution in [3.8, 4) is 0 Å². The first-order valence-corrected chi connectivity index (χ1v) is 21.7. The minimum absolute atomic E-state index is 0.304. The first-order chi connectivity index (χ1) is 31.0. The fourth-order valence-corrected chi connectivity index (χ4v) is 10.5. The summed E-state index contributed by atoms with van der Waals surface area (Å²) in [6.07, 6.45) is 0. The molecule has 4 nitrogen and oxygen atoms in total. The Balaban J connectivity index is 1.20. The summed E-state index contributed by atoms with van der Waals surface area (Å²) in [4.78, 5) is 4.47. The van der Waals surface area contributed by atoms with Gasteiger partial charge in [-0.25, -0.2) is 8.78 Å². The van der Waals surface area contributed by atoms with Crippen molar-refractivity contribution >= 4 is 110 Å². The Labute approximate surface area is 368 Å². The van der Waals surface area contributed by atoms with Crippen LogP contribution in [-0.4, -0.2) is 0 Å². The quantitative estimate of drug-likeness (QED) is 0.156. The van der Waals surface area contributed by atoms with Gasteiger partial charge in [0.25, 0.3) is 0 Å². The van der Waals surface area contributed by atoms with E-state index in [1.807, 2.05) is 24.3 Å². The van der Waals surface area contributed by atoms with Crippen molar-refractivity contribution in [2.24, 2.45) is 0 Å². The number of benzene rings is 10. The number of furan rings is 2. The molecule has 0 bridgehead atoms. The lowest BCUT2D eigenvalue weighted by Gasteiger charge is -2.31. The Hall–Kier alpha value is -7.70. The zero-order chi connectivity index (χ0) is 43.7. The number of para-hydroxylation sites is 4. The molecule has 64 heavy (non-hydrogen) atoms. The van der Waals surface area contributed by atoms with E-state index in [0.717, 1.165) is 144 Å². The SMILES string of the molecule is Cc1cc(N(c2ccc(F)cc2)c2cccc3c2oc2c(C)cccc23)c2c(C)cc3c(C)cc(N(c4ccc(F)cc4)c4cccc5c4oc4c(C)cccc45)c4c(C)cc1c2c34. The monoisotopic (exact) mass is 836 g/mol. The van der Waals surface area contributed by atoms with Crippen LogP contribution in [0.25, 0.3) is 76.2 Å². The average Bonchev–Trinajstić information content (AvgIpc) is 3.88. The molecule has 0 aliphatic rings. The van der Waals surface area contributed by atoms with Gasteiger partial charge < -0.3 is 18.6 Å². The van der Waals surface area contributed by atoms with Crippen LogP contribution in [0, 0.1) is 53.2 Å². The molecule has 2 aromatic heterocycles. The Morgan fingerprint density at radius 3 is 1.06 bits per heavy atom. The Kier molecular flexibility index (Phi) is 8.26. The van der Waals surface area contributed by atoms with E-state index < -0.39 is 0 Å². The summed E-state index contributed by atoms with van der Waals surface area (Å²) < 4.78 is 43.2. The predicted molar refractivity (Wildman–Crippen MR) is 262 cm³/mol. The topological polar surface area (TPSA) is 32.8 Å². The summed E-state index contributed by atoms with van der Waals surface area (Å²) in [7, 11) is 0. The lowest BCUT2D eigenvalue weighted by atomic mass is 9.84. The van der Waals surface area contributed by atoms with Gasteiger partial charge in [-0.2, -0.15) is 0 Å². The van der Waals surface area contributed by atoms with Gasteiger partial charge in [-0.05, 0) is 158 Å². The summed E-state index contributed by atoms with van der Waals surface area (Å²) in [6, 6.07) is 47.7. The summed E-state index contributed by atoms with van der Waals surface area (Å²) in [6.45, 7) is 12.9. The molecule has 12 aromatic rings. The van der Waals surface area contributed by atoms with Crippen molar-refractivity contribution in [1.29, 1.82) is 0 Å². The molecule has 6 heteroatoms. The molecule has 0 spiro atoms. The molecule has 0 saturated carbocycles. The van der Waals surface area contributed by atoms with Crippen molar-refractivity contribution in [2.45, 2.75) is 41.5 Å². The third-order valence-corrected chi connectivity index (χ3v) is 13.4. The van der Waals surface area contributed by atoms with Crippen LogP contribution in [-0.2, 0) is 0 Å². The number of nitrogens with zero attached hydrogens (tertiary/aromatic N) is 2. The van der Waals surface area contributed by atoms with Gasteiger partial charge >= 0.3 is 0 Å². The number of fused-ring (bicyclic) bond motifs is 6. The van der Waals surface area contributed by atoms with E-state index in [4.69, 9.17) is 8.83 Å². The number of anilines is 6. The number of aryl methyl sites for hydroxylation is 6. The molecular formula is C58H42F2N2O2. The molecule has 10 aromatic carbocycles. The van der Waals surface area contributed by atoms with Crippen LogP contribution in [0.1, 0.15) is 33.4 Å². The highest BCUT2D eigenvalue weighted by molar-refractivity contribution is 6.31. The molecule has 0 atom stereocenters. The third kappa shape index (κ3) is 5.45. The van der Waals surface area contributed by atoms with Crippen LogP contribution in [0.4, 0.5) is 42.9 Å². The molecule has 2 heterocycles. The van der Waals surface area contributed by atoms with Gasteiger partial charge in [-0.15, -0.1) is 0 Å². The van der Waals surface area contributed by atoms with Crippen molar-refractivity contribution in [3.05, 3.63) is 191 Å². The zero-order valence-electron chi connectivity index (χ0n) is 36.3. The predicted octanol–water partition coefficient (Wildman–Crippen LogP) is 17.5. The van der Waals surface area contributed by atoms with E-state index in [1.165, 1.54) is 24.3 Å². The summed E-state index contributed by atoms with van der Waals surface area (Å²) >= 11 is 0. The molecule has 0 aliphatic heterocycles. The van der Waals surface area contributed by atoms with E-state index in [9.17, 15) is 8.78 Å². The number of halogens is 2. The number of hydrogen-bond donors (Lipinski definition) is 0. The normalized spacial score (nSPS) is 12.1. The molecule has 0 radical (unpaired) electrons. The van der Waals surface area contributed by atoms with E-state index in [-0.39, 0.29) is 11.6 Å². The van der Waals surface area contributed by atoms with Gasteiger partial charge in [-0.3, -0.25) is 0 Å². The van der Waals surface area contributed by atoms with Crippen molar-refractivity contribution in [3.63, 3.8) is 0 Å². The Morgan fingerprint density at radius 1 is 0.312 bits per heavy atom. The second kappa shape index (κ2) is 13.9. The highest BCUT2D eigenvalue weighted by Gasteiger charge is 2.29. The largest absolute Gasteiger partial charge is 0.454 e. The minimum Gasteiger partial charge on any atom is -0.454 e. The van der Waals surface area contributed by atoms with E-state index in [2.05, 4.69) is 148 Å². The van der Waals surface area contributed by atoms with Crippen LogP contribution in [0.15, 0.2) is 154 Å². The zero-order valence-corrected chi connectivity index (χ0v) is 36.3.